The van der Waals surface area contributed by atoms with E-state index in [0.717, 1.165) is 11.4 Å². The summed E-state index contributed by atoms with van der Waals surface area (Å²) in [7, 11) is 0. The number of rotatable bonds is 7. The Morgan fingerprint density at radius 1 is 1.00 bits per heavy atom. The minimum atomic E-state index is -0.299. The maximum atomic E-state index is 12.0. The molecule has 3 aromatic rings. The van der Waals surface area contributed by atoms with E-state index in [-0.39, 0.29) is 18.2 Å². The number of aromatic hydroxyl groups is 1. The summed E-state index contributed by atoms with van der Waals surface area (Å²) in [5.74, 6) is 1.22. The molecule has 0 aromatic heterocycles. The number of hydrogen-bond acceptors (Lipinski definition) is 5. The van der Waals surface area contributed by atoms with Gasteiger partial charge in [0.2, 0.25) is 0 Å². The third-order valence-electron chi connectivity index (χ3n) is 3.71. The van der Waals surface area contributed by atoms with Crippen LogP contribution >= 0.6 is 31.9 Å². The zero-order valence-corrected chi connectivity index (χ0v) is 18.3. The first-order valence-electron chi connectivity index (χ1n) is 8.58. The molecule has 0 radical (unpaired) electrons. The van der Waals surface area contributed by atoms with Gasteiger partial charge in [-0.15, -0.1) is 0 Å². The third-order valence-corrected chi connectivity index (χ3v) is 4.92. The summed E-state index contributed by atoms with van der Waals surface area (Å²) in [5, 5.41) is 16.7. The van der Waals surface area contributed by atoms with E-state index in [4.69, 9.17) is 4.74 Å². The number of ether oxygens (including phenoxy) is 1. The van der Waals surface area contributed by atoms with Gasteiger partial charge in [0.1, 0.15) is 17.2 Å². The number of para-hydroxylation sites is 1. The van der Waals surface area contributed by atoms with Crippen molar-refractivity contribution in [2.45, 2.75) is 0 Å². The summed E-state index contributed by atoms with van der Waals surface area (Å²) >= 11 is 6.49. The molecular formula is C21H17Br2N3O3. The van der Waals surface area contributed by atoms with Crippen molar-refractivity contribution in [1.82, 2.24) is 5.43 Å². The lowest BCUT2D eigenvalue weighted by atomic mass is 10.2. The summed E-state index contributed by atoms with van der Waals surface area (Å²) in [5.41, 5.74) is 3.92. The molecule has 0 saturated heterocycles. The fourth-order valence-corrected chi connectivity index (χ4v) is 3.58. The molecule has 3 aromatic carbocycles. The van der Waals surface area contributed by atoms with Crippen molar-refractivity contribution in [2.24, 2.45) is 5.10 Å². The van der Waals surface area contributed by atoms with Gasteiger partial charge in [0.25, 0.3) is 5.91 Å². The molecule has 29 heavy (non-hydrogen) atoms. The van der Waals surface area contributed by atoms with Crippen LogP contribution in [0.5, 0.6) is 17.2 Å². The molecule has 0 aliphatic carbocycles. The lowest BCUT2D eigenvalue weighted by molar-refractivity contribution is -0.119. The third kappa shape index (κ3) is 6.33. The fourth-order valence-electron chi connectivity index (χ4n) is 2.35. The summed E-state index contributed by atoms with van der Waals surface area (Å²) in [6.45, 7) is 0.0507. The molecule has 0 saturated carbocycles. The molecule has 8 heteroatoms. The van der Waals surface area contributed by atoms with Gasteiger partial charge in [-0.25, -0.2) is 5.43 Å². The van der Waals surface area contributed by atoms with Crippen LogP contribution in [0, 0.1) is 0 Å². The second-order valence-electron chi connectivity index (χ2n) is 5.92. The zero-order chi connectivity index (χ0) is 20.6. The Hall–Kier alpha value is -2.84. The molecule has 148 valence electrons. The Kier molecular flexibility index (Phi) is 7.26. The van der Waals surface area contributed by atoms with Crippen molar-refractivity contribution in [2.75, 3.05) is 11.9 Å². The second-order valence-corrected chi connectivity index (χ2v) is 7.63. The fraction of sp³-hybridized carbons (Fsp3) is 0.0476. The molecule has 1 amide bonds. The Morgan fingerprint density at radius 3 is 2.41 bits per heavy atom. The van der Waals surface area contributed by atoms with Crippen LogP contribution < -0.4 is 15.5 Å². The average Bonchev–Trinajstić information content (AvgIpc) is 2.71. The van der Waals surface area contributed by atoms with Crippen LogP contribution in [0.1, 0.15) is 5.56 Å². The van der Waals surface area contributed by atoms with Crippen molar-refractivity contribution >= 4 is 49.7 Å². The van der Waals surface area contributed by atoms with E-state index in [1.54, 1.807) is 12.1 Å². The van der Waals surface area contributed by atoms with Gasteiger partial charge in [-0.2, -0.15) is 5.10 Å². The van der Waals surface area contributed by atoms with Crippen molar-refractivity contribution < 1.29 is 14.6 Å². The monoisotopic (exact) mass is 517 g/mol. The van der Waals surface area contributed by atoms with Gasteiger partial charge >= 0.3 is 0 Å². The number of hydrazone groups is 1. The highest BCUT2D eigenvalue weighted by atomic mass is 79.9. The van der Waals surface area contributed by atoms with E-state index < -0.39 is 0 Å². The van der Waals surface area contributed by atoms with Crippen molar-refractivity contribution in [3.63, 3.8) is 0 Å². The number of halogens is 2. The number of phenols is 1. The van der Waals surface area contributed by atoms with Gasteiger partial charge in [-0.05, 0) is 73.8 Å². The first kappa shape index (κ1) is 20.9. The minimum absolute atomic E-state index is 0.0507. The highest BCUT2D eigenvalue weighted by Gasteiger charge is 2.05. The normalized spacial score (nSPS) is 10.7. The summed E-state index contributed by atoms with van der Waals surface area (Å²) < 4.78 is 6.83. The molecule has 0 unspecified atom stereocenters. The number of phenolic OH excluding ortho intramolecular Hbond substituents is 1. The van der Waals surface area contributed by atoms with Crippen LogP contribution in [0.15, 0.2) is 80.8 Å². The largest absolute Gasteiger partial charge is 0.506 e. The predicted molar refractivity (Wildman–Crippen MR) is 121 cm³/mol. The smallest absolute Gasteiger partial charge is 0.259 e. The first-order chi connectivity index (χ1) is 14.0. The molecule has 3 rings (SSSR count). The molecule has 0 fully saturated rings. The van der Waals surface area contributed by atoms with Crippen molar-refractivity contribution in [3.8, 4) is 17.2 Å². The van der Waals surface area contributed by atoms with Crippen LogP contribution in [0.4, 0.5) is 5.69 Å². The van der Waals surface area contributed by atoms with Gasteiger partial charge in [-0.1, -0.05) is 24.3 Å². The highest BCUT2D eigenvalue weighted by Crippen LogP contribution is 2.32. The summed E-state index contributed by atoms with van der Waals surface area (Å²) in [6.07, 6.45) is 1.49. The number of carbonyl (C=O) groups excluding carboxylic acids is 1. The average molecular weight is 519 g/mol. The van der Waals surface area contributed by atoms with Gasteiger partial charge in [0.15, 0.2) is 0 Å². The molecule has 0 aliphatic heterocycles. The van der Waals surface area contributed by atoms with E-state index >= 15 is 0 Å². The van der Waals surface area contributed by atoms with Crippen LogP contribution in [0.2, 0.25) is 0 Å². The maximum Gasteiger partial charge on any atom is 0.259 e. The molecule has 0 heterocycles. The molecule has 0 aliphatic rings. The quantitative estimate of drug-likeness (QED) is 0.294. The molecule has 6 nitrogen and oxygen atoms in total. The Balaban J connectivity index is 1.51. The number of carbonyl (C=O) groups is 1. The van der Waals surface area contributed by atoms with Crippen LogP contribution in [0.3, 0.4) is 0 Å². The van der Waals surface area contributed by atoms with E-state index in [9.17, 15) is 9.90 Å². The molecule has 0 bridgehead atoms. The molecule has 0 atom stereocenters. The first-order valence-corrected chi connectivity index (χ1v) is 10.2. The number of benzene rings is 3. The van der Waals surface area contributed by atoms with Gasteiger partial charge in [0, 0.05) is 11.8 Å². The lowest BCUT2D eigenvalue weighted by Crippen LogP contribution is -2.25. The SMILES string of the molecule is O=C(CNc1cccc(Oc2ccccc2)c1)NN=Cc1cc(Br)c(O)c(Br)c1. The topological polar surface area (TPSA) is 83.0 Å². The summed E-state index contributed by atoms with van der Waals surface area (Å²) in [4.78, 5) is 12.0. The predicted octanol–water partition coefficient (Wildman–Crippen LogP) is 5.27. The van der Waals surface area contributed by atoms with E-state index in [1.165, 1.54) is 6.21 Å². The van der Waals surface area contributed by atoms with Gasteiger partial charge in [0.05, 0.1) is 21.7 Å². The van der Waals surface area contributed by atoms with Crippen LogP contribution in [-0.2, 0) is 4.79 Å². The lowest BCUT2D eigenvalue weighted by Gasteiger charge is -2.09. The standard InChI is InChI=1S/C21H17Br2N3O3/c22-18-9-14(10-19(23)21(18)28)12-25-26-20(27)13-24-15-5-4-8-17(11-15)29-16-6-2-1-3-7-16/h1-12,24,28H,13H2,(H,26,27). The molecule has 0 spiro atoms. The molecule has 3 N–H and O–H groups in total. The number of amides is 1. The van der Waals surface area contributed by atoms with Gasteiger partial charge < -0.3 is 15.2 Å². The zero-order valence-electron chi connectivity index (χ0n) is 15.1. The Labute approximate surface area is 184 Å². The molecular weight excluding hydrogens is 502 g/mol. The number of nitrogens with zero attached hydrogens (tertiary/aromatic N) is 1. The van der Waals surface area contributed by atoms with Crippen molar-refractivity contribution in [3.05, 3.63) is 81.2 Å². The van der Waals surface area contributed by atoms with E-state index in [1.807, 2.05) is 54.6 Å². The van der Waals surface area contributed by atoms with Gasteiger partial charge in [-0.3, -0.25) is 4.79 Å². The van der Waals surface area contributed by atoms with E-state index in [2.05, 4.69) is 47.7 Å². The maximum absolute atomic E-state index is 12.0. The summed E-state index contributed by atoms with van der Waals surface area (Å²) in [6, 6.07) is 20.2. The number of nitrogens with one attached hydrogen (secondary N) is 2. The second kappa shape index (κ2) is 10.1. The van der Waals surface area contributed by atoms with Crippen LogP contribution in [0.25, 0.3) is 0 Å². The number of hydrogen-bond donors (Lipinski definition) is 3. The Morgan fingerprint density at radius 2 is 1.69 bits per heavy atom. The highest BCUT2D eigenvalue weighted by molar-refractivity contribution is 9.11. The Bertz CT molecular complexity index is 1000. The van der Waals surface area contributed by atoms with Crippen molar-refractivity contribution in [1.29, 1.82) is 0 Å². The van der Waals surface area contributed by atoms with Crippen LogP contribution in [-0.4, -0.2) is 23.8 Å². The number of anilines is 1. The minimum Gasteiger partial charge on any atom is -0.506 e. The van der Waals surface area contributed by atoms with E-state index in [0.29, 0.717) is 20.3 Å².